The maximum atomic E-state index is 13.2. The first-order chi connectivity index (χ1) is 36.4. The number of halogens is 2. The summed E-state index contributed by atoms with van der Waals surface area (Å²) in [5.74, 6) is -9.45. The highest BCUT2D eigenvalue weighted by atomic mass is 127. The lowest BCUT2D eigenvalue weighted by Crippen LogP contribution is -2.62. The molecule has 0 radical (unpaired) electrons. The molecule has 0 aromatic heterocycles. The lowest BCUT2D eigenvalue weighted by molar-refractivity contribution is -0.137. The largest absolute Gasteiger partial charge is 0.343 e. The molecule has 0 aliphatic rings. The standard InChI is InChI=1S/C51H73BrIN13O13/c1-23(55-39(69)25(3)57-42(72)29(7)62-48(78)50(11,12)66-46(76)32(10)60-41(71)27(5)61-47(77)33-15-17-34(52)18-16-33)37(67)54-24(2)38(68)56-26(4)40(70)59-31(9)45(75)65-51(13,14)49(79)63-30(8)43(73)58-28(6)44(74)64-36-21-19-35(53)20-22-36/h15-32H,1-14H3,(H,54,67)(H,55,69)(H,56,68)(H,57,72)(H,58,73)(H,59,70)(H,60,71)(H,61,77)(H,62,78)(H,63,79)(H,64,74)(H,65,75)(H,66,76). The predicted octanol–water partition coefficient (Wildman–Crippen LogP) is -0.857. The summed E-state index contributed by atoms with van der Waals surface area (Å²) in [5.41, 5.74) is -2.36. The number of carbonyl (C=O) groups is 13. The van der Waals surface area contributed by atoms with Gasteiger partial charge in [-0.05, 0) is 168 Å². The van der Waals surface area contributed by atoms with Crippen molar-refractivity contribution in [2.24, 2.45) is 0 Å². The van der Waals surface area contributed by atoms with E-state index in [0.29, 0.717) is 11.3 Å². The lowest BCUT2D eigenvalue weighted by Gasteiger charge is -2.29. The first kappa shape index (κ1) is 67.9. The number of rotatable bonds is 26. The number of anilines is 1. The Morgan fingerprint density at radius 2 is 0.608 bits per heavy atom. The molecule has 0 heterocycles. The molecule has 28 heteroatoms. The van der Waals surface area contributed by atoms with Crippen LogP contribution in [0, 0.1) is 3.57 Å². The molecule has 2 aromatic carbocycles. The van der Waals surface area contributed by atoms with Gasteiger partial charge in [0.15, 0.2) is 0 Å². The van der Waals surface area contributed by atoms with Crippen LogP contribution in [0.5, 0.6) is 0 Å². The van der Waals surface area contributed by atoms with Crippen molar-refractivity contribution in [2.45, 2.75) is 168 Å². The maximum Gasteiger partial charge on any atom is 0.251 e. The van der Waals surface area contributed by atoms with Crippen molar-refractivity contribution in [2.75, 3.05) is 5.32 Å². The Kier molecular flexibility index (Phi) is 26.0. The molecule has 0 fully saturated rings. The molecule has 13 amide bonds. The van der Waals surface area contributed by atoms with Crippen molar-refractivity contribution in [3.05, 3.63) is 62.1 Å². The van der Waals surface area contributed by atoms with Crippen molar-refractivity contribution >= 4 is 121 Å². The van der Waals surface area contributed by atoms with Gasteiger partial charge < -0.3 is 69.1 Å². The SMILES string of the molecule is CC(NC(=O)c1ccc(Br)cc1)C(=O)NC(C)C(=O)NC(C)(C)C(=O)NC(C)C(=O)NC(C)C(=O)NC(C)C(=O)NC(C)C(=O)NC(C)C(=O)NC(C)C(=O)NC(C)(C)C(=O)NC(C)C(=O)NC(C)C(=O)Nc1ccc(I)cc1. The van der Waals surface area contributed by atoms with Gasteiger partial charge in [-0.15, -0.1) is 0 Å². The van der Waals surface area contributed by atoms with Crippen LogP contribution in [0.15, 0.2) is 53.0 Å². The van der Waals surface area contributed by atoms with E-state index in [9.17, 15) is 62.3 Å². The molecular formula is C51H73BrIN13O13. The van der Waals surface area contributed by atoms with Crippen molar-refractivity contribution in [1.29, 1.82) is 0 Å². The minimum atomic E-state index is -1.61. The van der Waals surface area contributed by atoms with Crippen LogP contribution in [0.1, 0.15) is 107 Å². The second-order valence-corrected chi connectivity index (χ2v) is 22.1. The Labute approximate surface area is 480 Å². The van der Waals surface area contributed by atoms with E-state index in [-0.39, 0.29) is 0 Å². The fraction of sp³-hybridized carbons (Fsp3) is 0.510. The minimum absolute atomic E-state index is 0.313. The third-order valence-electron chi connectivity index (χ3n) is 11.7. The van der Waals surface area contributed by atoms with E-state index in [0.717, 1.165) is 8.04 Å². The van der Waals surface area contributed by atoms with Crippen LogP contribution in [0.2, 0.25) is 0 Å². The van der Waals surface area contributed by atoms with Crippen LogP contribution in [-0.2, 0) is 57.5 Å². The Hall–Kier alpha value is -7.24. The molecule has 434 valence electrons. The van der Waals surface area contributed by atoms with E-state index in [1.165, 1.54) is 96.9 Å². The highest BCUT2D eigenvalue weighted by Gasteiger charge is 2.36. The summed E-state index contributed by atoms with van der Waals surface area (Å²) in [4.78, 5) is 168. The van der Waals surface area contributed by atoms with Gasteiger partial charge >= 0.3 is 0 Å². The van der Waals surface area contributed by atoms with Gasteiger partial charge in [-0.2, -0.15) is 0 Å². The molecule has 0 aliphatic carbocycles. The molecule has 13 N–H and O–H groups in total. The number of nitrogens with one attached hydrogen (secondary N) is 13. The van der Waals surface area contributed by atoms with E-state index in [1.54, 1.807) is 48.5 Å². The second kappa shape index (κ2) is 30.2. The summed E-state index contributed by atoms with van der Waals surface area (Å²) in [6.45, 7) is 19.0. The minimum Gasteiger partial charge on any atom is -0.343 e. The van der Waals surface area contributed by atoms with Gasteiger partial charge in [0.1, 0.15) is 71.5 Å². The molecule has 0 saturated carbocycles. The number of hydrogen-bond donors (Lipinski definition) is 13. The van der Waals surface area contributed by atoms with Gasteiger partial charge in [-0.1, -0.05) is 15.9 Å². The Morgan fingerprint density at radius 3 is 0.911 bits per heavy atom. The second-order valence-electron chi connectivity index (χ2n) is 19.9. The molecule has 2 rings (SSSR count). The third-order valence-corrected chi connectivity index (χ3v) is 13.0. The topological polar surface area (TPSA) is 378 Å². The highest BCUT2D eigenvalue weighted by molar-refractivity contribution is 14.1. The summed E-state index contributed by atoms with van der Waals surface area (Å²) in [7, 11) is 0. The lowest BCUT2D eigenvalue weighted by atomic mass is 10.0. The Morgan fingerprint density at radius 1 is 0.354 bits per heavy atom. The van der Waals surface area contributed by atoms with Crippen LogP contribution in [-0.4, -0.2) is 148 Å². The van der Waals surface area contributed by atoms with Gasteiger partial charge in [-0.25, -0.2) is 0 Å². The summed E-state index contributed by atoms with van der Waals surface area (Å²) < 4.78 is 1.73. The zero-order valence-electron chi connectivity index (χ0n) is 46.5. The fourth-order valence-corrected chi connectivity index (χ4v) is 7.01. The molecule has 10 unspecified atom stereocenters. The molecule has 79 heavy (non-hydrogen) atoms. The normalized spacial score (nSPS) is 15.0. The Balaban J connectivity index is 1.80. The number of hydrogen-bond acceptors (Lipinski definition) is 13. The zero-order valence-corrected chi connectivity index (χ0v) is 50.2. The van der Waals surface area contributed by atoms with Crippen molar-refractivity contribution in [1.82, 2.24) is 63.8 Å². The van der Waals surface area contributed by atoms with Crippen molar-refractivity contribution in [3.8, 4) is 0 Å². The van der Waals surface area contributed by atoms with E-state index in [1.807, 2.05) is 0 Å². The number of benzene rings is 2. The average molecular weight is 1280 g/mol. The molecule has 2 aromatic rings. The van der Waals surface area contributed by atoms with Gasteiger partial charge in [0.2, 0.25) is 70.9 Å². The smallest absolute Gasteiger partial charge is 0.251 e. The number of amides is 13. The highest BCUT2D eigenvalue weighted by Crippen LogP contribution is 2.13. The van der Waals surface area contributed by atoms with Gasteiger partial charge in [0.25, 0.3) is 5.91 Å². The van der Waals surface area contributed by atoms with Crippen LogP contribution in [0.4, 0.5) is 5.69 Å². The molecule has 0 saturated heterocycles. The molecule has 0 bridgehead atoms. The molecule has 10 atom stereocenters. The van der Waals surface area contributed by atoms with E-state index in [2.05, 4.69) is 108 Å². The predicted molar refractivity (Wildman–Crippen MR) is 302 cm³/mol. The van der Waals surface area contributed by atoms with Crippen LogP contribution in [0.3, 0.4) is 0 Å². The maximum absolute atomic E-state index is 13.2. The van der Waals surface area contributed by atoms with E-state index >= 15 is 0 Å². The summed E-state index contributed by atoms with van der Waals surface area (Å²) in [6, 6.07) is 1.80. The van der Waals surface area contributed by atoms with Crippen LogP contribution >= 0.6 is 38.5 Å². The Bertz CT molecular complexity index is 2620. The van der Waals surface area contributed by atoms with E-state index in [4.69, 9.17) is 0 Å². The molecular weight excluding hydrogens is 1210 g/mol. The summed E-state index contributed by atoms with van der Waals surface area (Å²) >= 11 is 5.40. The van der Waals surface area contributed by atoms with Gasteiger partial charge in [0, 0.05) is 19.3 Å². The first-order valence-corrected chi connectivity index (χ1v) is 26.8. The quantitative estimate of drug-likeness (QED) is 0.0511. The molecule has 0 spiro atoms. The molecule has 0 aliphatic heterocycles. The van der Waals surface area contributed by atoms with Crippen molar-refractivity contribution < 1.29 is 62.3 Å². The first-order valence-electron chi connectivity index (χ1n) is 25.0. The number of carbonyl (C=O) groups excluding carboxylic acids is 13. The average Bonchev–Trinajstić information content (AvgIpc) is 3.36. The van der Waals surface area contributed by atoms with Gasteiger partial charge in [-0.3, -0.25) is 62.3 Å². The monoisotopic (exact) mass is 1280 g/mol. The zero-order chi connectivity index (χ0) is 60.4. The van der Waals surface area contributed by atoms with Crippen LogP contribution in [0.25, 0.3) is 0 Å². The van der Waals surface area contributed by atoms with E-state index < -0.39 is 148 Å². The molecule has 26 nitrogen and oxygen atoms in total. The van der Waals surface area contributed by atoms with Crippen molar-refractivity contribution in [3.63, 3.8) is 0 Å². The summed E-state index contributed by atoms with van der Waals surface area (Å²) in [6.07, 6.45) is 0. The third kappa shape index (κ3) is 22.2. The van der Waals surface area contributed by atoms with Crippen LogP contribution < -0.4 is 69.1 Å². The fourth-order valence-electron chi connectivity index (χ4n) is 6.39. The van der Waals surface area contributed by atoms with Gasteiger partial charge in [0.05, 0.1) is 0 Å². The summed E-state index contributed by atoms with van der Waals surface area (Å²) in [5, 5.41) is 32.3.